The highest BCUT2D eigenvalue weighted by atomic mass is 35.5. The molecule has 0 amide bonds. The number of hydrogen-bond donors (Lipinski definition) is 0. The number of carbonyl (C=O) groups is 1. The Morgan fingerprint density at radius 2 is 2.14 bits per heavy atom. The number of halogens is 2. The molecule has 0 radical (unpaired) electrons. The van der Waals surface area contributed by atoms with Crippen molar-refractivity contribution in [3.8, 4) is 0 Å². The second-order valence-electron chi connectivity index (χ2n) is 4.85. The van der Waals surface area contributed by atoms with Gasteiger partial charge in [0.2, 0.25) is 0 Å². The van der Waals surface area contributed by atoms with Crippen molar-refractivity contribution in [2.24, 2.45) is 0 Å². The van der Waals surface area contributed by atoms with Gasteiger partial charge in [-0.25, -0.2) is 4.98 Å². The largest absolute Gasteiger partial charge is 0.458 e. The van der Waals surface area contributed by atoms with E-state index in [0.717, 1.165) is 5.56 Å². The highest BCUT2D eigenvalue weighted by Gasteiger charge is 2.10. The second kappa shape index (κ2) is 5.98. The first-order chi connectivity index (χ1) is 10.5. The third-order valence-corrected chi connectivity index (χ3v) is 3.44. The van der Waals surface area contributed by atoms with Crippen LogP contribution in [0.1, 0.15) is 11.3 Å². The molecule has 0 saturated carbocycles. The summed E-state index contributed by atoms with van der Waals surface area (Å²) in [6, 6.07) is 1.61. The first-order valence-corrected chi connectivity index (χ1v) is 7.24. The number of imidazole rings is 1. The zero-order chi connectivity index (χ0) is 15.7. The minimum atomic E-state index is -0.385. The van der Waals surface area contributed by atoms with Crippen LogP contribution in [0.2, 0.25) is 10.0 Å². The summed E-state index contributed by atoms with van der Waals surface area (Å²) >= 11 is 12.0. The van der Waals surface area contributed by atoms with Crippen LogP contribution < -0.4 is 0 Å². The van der Waals surface area contributed by atoms with Crippen LogP contribution in [-0.4, -0.2) is 25.1 Å². The van der Waals surface area contributed by atoms with Crippen molar-refractivity contribution >= 4 is 34.8 Å². The molecule has 0 bridgehead atoms. The number of fused-ring (bicyclic) bond motifs is 1. The lowest BCUT2D eigenvalue weighted by molar-refractivity contribution is -0.146. The first-order valence-electron chi connectivity index (χ1n) is 6.48. The van der Waals surface area contributed by atoms with E-state index in [9.17, 15) is 4.79 Å². The summed E-state index contributed by atoms with van der Waals surface area (Å²) in [5, 5.41) is 4.98. The van der Waals surface area contributed by atoms with Gasteiger partial charge in [-0.15, -0.1) is 0 Å². The molecule has 3 aromatic heterocycles. The minimum absolute atomic E-state index is 0.0633. The fraction of sp³-hybridized carbons (Fsp3) is 0.214. The highest BCUT2D eigenvalue weighted by molar-refractivity contribution is 6.36. The molecule has 0 aromatic carbocycles. The number of pyridine rings is 1. The van der Waals surface area contributed by atoms with Crippen LogP contribution in [0.5, 0.6) is 0 Å². The molecule has 114 valence electrons. The molecule has 0 fully saturated rings. The number of aryl methyl sites for hydroxylation is 1. The molecule has 0 aliphatic rings. The van der Waals surface area contributed by atoms with Crippen molar-refractivity contribution in [1.29, 1.82) is 0 Å². The second-order valence-corrected chi connectivity index (χ2v) is 5.69. The minimum Gasteiger partial charge on any atom is -0.458 e. The van der Waals surface area contributed by atoms with Gasteiger partial charge in [0.1, 0.15) is 13.2 Å². The summed E-state index contributed by atoms with van der Waals surface area (Å²) in [6.07, 6.45) is 6.86. The normalized spacial score (nSPS) is 11.0. The van der Waals surface area contributed by atoms with E-state index in [0.29, 0.717) is 21.4 Å². The average molecular weight is 339 g/mol. The Kier molecular flexibility index (Phi) is 4.04. The van der Waals surface area contributed by atoms with Gasteiger partial charge in [-0.2, -0.15) is 5.10 Å². The van der Waals surface area contributed by atoms with Crippen LogP contribution in [-0.2, 0) is 22.7 Å². The molecule has 0 aliphatic heterocycles. The number of aromatic nitrogens is 4. The molecule has 3 heterocycles. The maximum absolute atomic E-state index is 11.8. The molecule has 8 heteroatoms. The van der Waals surface area contributed by atoms with Gasteiger partial charge in [0.15, 0.2) is 5.65 Å². The first kappa shape index (κ1) is 14.9. The predicted octanol–water partition coefficient (Wildman–Crippen LogP) is 2.89. The molecule has 3 rings (SSSR count). The van der Waals surface area contributed by atoms with Gasteiger partial charge in [-0.3, -0.25) is 9.48 Å². The van der Waals surface area contributed by atoms with E-state index in [4.69, 9.17) is 27.9 Å². The van der Waals surface area contributed by atoms with Gasteiger partial charge in [0, 0.05) is 18.6 Å². The number of rotatable bonds is 4. The summed E-state index contributed by atoms with van der Waals surface area (Å²) in [7, 11) is 0. The van der Waals surface area contributed by atoms with Crippen molar-refractivity contribution in [2.45, 2.75) is 20.1 Å². The summed E-state index contributed by atoms with van der Waals surface area (Å²) in [5.74, 6) is -0.385. The molecule has 0 spiro atoms. The van der Waals surface area contributed by atoms with Gasteiger partial charge >= 0.3 is 5.97 Å². The van der Waals surface area contributed by atoms with Gasteiger partial charge in [-0.05, 0) is 18.6 Å². The van der Waals surface area contributed by atoms with Gasteiger partial charge in [0.25, 0.3) is 0 Å². The van der Waals surface area contributed by atoms with Gasteiger partial charge < -0.3 is 9.14 Å². The SMILES string of the molecule is Cc1cnn(CC(=O)OCc2cn3cc(Cl)cc(Cl)c3n2)c1. The molecular formula is C14H12Cl2N4O2. The Morgan fingerprint density at radius 3 is 2.86 bits per heavy atom. The molecule has 6 nitrogen and oxygen atoms in total. The van der Waals surface area contributed by atoms with Crippen LogP contribution >= 0.6 is 23.2 Å². The maximum atomic E-state index is 11.8. The topological polar surface area (TPSA) is 61.4 Å². The Morgan fingerprint density at radius 1 is 1.32 bits per heavy atom. The number of nitrogens with zero attached hydrogens (tertiary/aromatic N) is 4. The lowest BCUT2D eigenvalue weighted by atomic mass is 10.4. The monoisotopic (exact) mass is 338 g/mol. The Balaban J connectivity index is 1.66. The third-order valence-electron chi connectivity index (χ3n) is 2.96. The molecule has 22 heavy (non-hydrogen) atoms. The summed E-state index contributed by atoms with van der Waals surface area (Å²) in [4.78, 5) is 16.1. The zero-order valence-corrected chi connectivity index (χ0v) is 13.2. The number of carbonyl (C=O) groups excluding carboxylic acids is 1. The molecule has 3 aromatic rings. The molecule has 0 atom stereocenters. The van der Waals surface area contributed by atoms with Crippen molar-refractivity contribution < 1.29 is 9.53 Å². The van der Waals surface area contributed by atoms with Crippen molar-refractivity contribution in [3.63, 3.8) is 0 Å². The lowest BCUT2D eigenvalue weighted by Crippen LogP contribution is -2.13. The van der Waals surface area contributed by atoms with E-state index in [2.05, 4.69) is 10.1 Å². The molecule has 0 unspecified atom stereocenters. The fourth-order valence-corrected chi connectivity index (χ4v) is 2.56. The number of esters is 1. The summed E-state index contributed by atoms with van der Waals surface area (Å²) in [5.41, 5.74) is 2.15. The Bertz CT molecular complexity index is 841. The number of ether oxygens (including phenoxy) is 1. The van der Waals surface area contributed by atoms with Gasteiger partial charge in [-0.1, -0.05) is 23.2 Å². The quantitative estimate of drug-likeness (QED) is 0.686. The van der Waals surface area contributed by atoms with E-state index in [1.807, 2.05) is 6.92 Å². The van der Waals surface area contributed by atoms with Crippen LogP contribution in [0.3, 0.4) is 0 Å². The Hall–Kier alpha value is -2.05. The van der Waals surface area contributed by atoms with Crippen molar-refractivity contribution in [1.82, 2.24) is 19.2 Å². The number of hydrogen-bond acceptors (Lipinski definition) is 4. The molecule has 0 N–H and O–H groups in total. The lowest BCUT2D eigenvalue weighted by Gasteiger charge is -2.02. The summed E-state index contributed by atoms with van der Waals surface area (Å²) in [6.45, 7) is 2.03. The zero-order valence-electron chi connectivity index (χ0n) is 11.7. The molecule has 0 saturated heterocycles. The van der Waals surface area contributed by atoms with Crippen LogP contribution in [0.15, 0.2) is 30.9 Å². The van der Waals surface area contributed by atoms with E-state index < -0.39 is 0 Å². The van der Waals surface area contributed by atoms with Gasteiger partial charge in [0.05, 0.1) is 21.9 Å². The molecule has 0 aliphatic carbocycles. The fourth-order valence-electron chi connectivity index (χ4n) is 2.03. The average Bonchev–Trinajstić information content (AvgIpc) is 3.03. The summed E-state index contributed by atoms with van der Waals surface area (Å²) < 4.78 is 8.41. The highest BCUT2D eigenvalue weighted by Crippen LogP contribution is 2.21. The maximum Gasteiger partial charge on any atom is 0.328 e. The van der Waals surface area contributed by atoms with Crippen molar-refractivity contribution in [3.05, 3.63) is 52.2 Å². The Labute approximate surface area is 136 Å². The van der Waals surface area contributed by atoms with Crippen molar-refractivity contribution in [2.75, 3.05) is 0 Å². The van der Waals surface area contributed by atoms with E-state index >= 15 is 0 Å². The van der Waals surface area contributed by atoms with E-state index in [1.54, 1.807) is 35.3 Å². The smallest absolute Gasteiger partial charge is 0.328 e. The third kappa shape index (κ3) is 3.23. The standard InChI is InChI=1S/C14H12Cl2N4O2/c1-9-3-17-20(4-9)7-13(21)22-8-11-6-19-5-10(15)2-12(16)14(19)18-11/h2-6H,7-8H2,1H3. The van der Waals surface area contributed by atoms with Crippen LogP contribution in [0.25, 0.3) is 5.65 Å². The van der Waals surface area contributed by atoms with E-state index in [-0.39, 0.29) is 19.1 Å². The predicted molar refractivity (Wildman–Crippen MR) is 82.0 cm³/mol. The van der Waals surface area contributed by atoms with Crippen LogP contribution in [0, 0.1) is 6.92 Å². The molecular weight excluding hydrogens is 327 g/mol. The van der Waals surface area contributed by atoms with Crippen LogP contribution in [0.4, 0.5) is 0 Å². The van der Waals surface area contributed by atoms with E-state index in [1.165, 1.54) is 4.68 Å².